The first-order chi connectivity index (χ1) is 19.2. The lowest BCUT2D eigenvalue weighted by molar-refractivity contribution is -0.198. The second kappa shape index (κ2) is 8.09. The fraction of sp³-hybridized carbons (Fsp3) is 0.448. The lowest BCUT2D eigenvalue weighted by Crippen LogP contribution is -2.66. The van der Waals surface area contributed by atoms with Crippen molar-refractivity contribution in [3.8, 4) is 11.4 Å². The zero-order chi connectivity index (χ0) is 27.3. The molecule has 0 bridgehead atoms. The molecule has 9 nitrogen and oxygen atoms in total. The standard InChI is InChI=1S/C29H28F2N6O3/c1-17-2-3-18(24-34-26(40-35-24)19-8-27(9-19)11-29(30,31)12-27)6-22(17)33-25(38)21-10-32-37-5-4-20(7-23(21)37)36-13-28(14-36)15-39-16-28/h2-7,10,19H,8-9,11-16H2,1H3,(H,33,38). The molecule has 0 radical (unpaired) electrons. The summed E-state index contributed by atoms with van der Waals surface area (Å²) in [5.41, 5.74) is 4.55. The fourth-order valence-corrected chi connectivity index (χ4v) is 6.96. The van der Waals surface area contributed by atoms with Crippen molar-refractivity contribution in [1.82, 2.24) is 19.8 Å². The van der Waals surface area contributed by atoms with Crippen molar-refractivity contribution in [2.75, 3.05) is 36.5 Å². The molecule has 1 aromatic carbocycles. The van der Waals surface area contributed by atoms with Crippen LogP contribution in [0.15, 0.2) is 47.2 Å². The zero-order valence-corrected chi connectivity index (χ0v) is 22.0. The van der Waals surface area contributed by atoms with E-state index < -0.39 is 5.92 Å². The third-order valence-corrected chi connectivity index (χ3v) is 9.14. The molecule has 4 aromatic rings. The largest absolute Gasteiger partial charge is 0.380 e. The smallest absolute Gasteiger partial charge is 0.259 e. The lowest BCUT2D eigenvalue weighted by atomic mass is 9.50. The van der Waals surface area contributed by atoms with Crippen LogP contribution in [0.4, 0.5) is 20.2 Å². The molecule has 4 aliphatic rings. The molecule has 0 unspecified atom stereocenters. The van der Waals surface area contributed by atoms with Crippen LogP contribution in [0.3, 0.4) is 0 Å². The number of hydrogen-bond donors (Lipinski definition) is 1. The first-order valence-corrected chi connectivity index (χ1v) is 13.6. The Bertz CT molecular complexity index is 1650. The van der Waals surface area contributed by atoms with Crippen LogP contribution in [0.2, 0.25) is 0 Å². The molecule has 4 fully saturated rings. The van der Waals surface area contributed by atoms with Crippen molar-refractivity contribution in [2.45, 2.75) is 44.4 Å². The third-order valence-electron chi connectivity index (χ3n) is 9.14. The van der Waals surface area contributed by atoms with Gasteiger partial charge < -0.3 is 19.5 Å². The minimum Gasteiger partial charge on any atom is -0.380 e. The van der Waals surface area contributed by atoms with Gasteiger partial charge >= 0.3 is 0 Å². The number of fused-ring (bicyclic) bond motifs is 1. The second-order valence-corrected chi connectivity index (χ2v) is 12.4. The Labute approximate surface area is 228 Å². The van der Waals surface area contributed by atoms with Crippen LogP contribution in [-0.2, 0) is 4.74 Å². The van der Waals surface area contributed by atoms with Crippen LogP contribution < -0.4 is 10.2 Å². The quantitative estimate of drug-likeness (QED) is 0.373. The average molecular weight is 547 g/mol. The van der Waals surface area contributed by atoms with Crippen LogP contribution in [0.1, 0.15) is 53.4 Å². The molecule has 2 spiro atoms. The van der Waals surface area contributed by atoms with Gasteiger partial charge in [0.1, 0.15) is 0 Å². The Morgan fingerprint density at radius 3 is 2.62 bits per heavy atom. The Morgan fingerprint density at radius 1 is 1.10 bits per heavy atom. The predicted molar refractivity (Wildman–Crippen MR) is 142 cm³/mol. The number of ether oxygens (including phenoxy) is 1. The molecule has 2 saturated carbocycles. The van der Waals surface area contributed by atoms with E-state index in [0.717, 1.165) is 43.1 Å². The highest BCUT2D eigenvalue weighted by molar-refractivity contribution is 6.09. The van der Waals surface area contributed by atoms with E-state index in [9.17, 15) is 13.6 Å². The first-order valence-electron chi connectivity index (χ1n) is 13.6. The Hall–Kier alpha value is -3.86. The molecule has 11 heteroatoms. The highest BCUT2D eigenvalue weighted by atomic mass is 19.3. The van der Waals surface area contributed by atoms with Gasteiger partial charge in [0.05, 0.1) is 35.9 Å². The van der Waals surface area contributed by atoms with Gasteiger partial charge in [0.2, 0.25) is 17.6 Å². The van der Waals surface area contributed by atoms with Gasteiger partial charge in [-0.3, -0.25) is 4.79 Å². The van der Waals surface area contributed by atoms with E-state index in [1.807, 2.05) is 43.5 Å². The summed E-state index contributed by atoms with van der Waals surface area (Å²) < 4.78 is 39.3. The molecule has 2 aliphatic carbocycles. The number of pyridine rings is 1. The molecule has 1 amide bonds. The molecule has 2 saturated heterocycles. The molecule has 3 aromatic heterocycles. The van der Waals surface area contributed by atoms with E-state index in [1.54, 1.807) is 10.7 Å². The maximum Gasteiger partial charge on any atom is 0.259 e. The van der Waals surface area contributed by atoms with Crippen LogP contribution >= 0.6 is 0 Å². The van der Waals surface area contributed by atoms with Crippen molar-refractivity contribution >= 4 is 22.8 Å². The highest BCUT2D eigenvalue weighted by Crippen LogP contribution is 2.66. The Morgan fingerprint density at radius 2 is 1.90 bits per heavy atom. The van der Waals surface area contributed by atoms with E-state index in [4.69, 9.17) is 9.26 Å². The zero-order valence-electron chi connectivity index (χ0n) is 22.0. The molecule has 5 heterocycles. The number of carbonyl (C=O) groups is 1. The lowest BCUT2D eigenvalue weighted by Gasteiger charge is -2.56. The molecular weight excluding hydrogens is 518 g/mol. The summed E-state index contributed by atoms with van der Waals surface area (Å²) in [5, 5.41) is 11.5. The van der Waals surface area contributed by atoms with Gasteiger partial charge in [-0.25, -0.2) is 13.3 Å². The number of aryl methyl sites for hydroxylation is 1. The molecular formula is C29H28F2N6O3. The van der Waals surface area contributed by atoms with Gasteiger partial charge in [0.25, 0.3) is 5.91 Å². The van der Waals surface area contributed by atoms with Gasteiger partial charge in [0.15, 0.2) is 0 Å². The second-order valence-electron chi connectivity index (χ2n) is 12.4. The topological polar surface area (TPSA) is 97.8 Å². The first kappa shape index (κ1) is 24.0. The molecule has 0 atom stereocenters. The van der Waals surface area contributed by atoms with Crippen molar-refractivity contribution < 1.29 is 22.8 Å². The van der Waals surface area contributed by atoms with Gasteiger partial charge in [-0.2, -0.15) is 10.1 Å². The molecule has 1 N–H and O–H groups in total. The summed E-state index contributed by atoms with van der Waals surface area (Å²) in [6, 6.07) is 9.63. The summed E-state index contributed by atoms with van der Waals surface area (Å²) in [7, 11) is 0. The van der Waals surface area contributed by atoms with E-state index in [0.29, 0.717) is 46.8 Å². The monoisotopic (exact) mass is 546 g/mol. The summed E-state index contributed by atoms with van der Waals surface area (Å²) in [6.07, 6.45) is 4.70. The number of nitrogens with zero attached hydrogens (tertiary/aromatic N) is 5. The predicted octanol–water partition coefficient (Wildman–Crippen LogP) is 5.07. The van der Waals surface area contributed by atoms with Gasteiger partial charge in [-0.1, -0.05) is 17.3 Å². The SMILES string of the molecule is Cc1ccc(-c2noc(C3CC4(C3)CC(F)(F)C4)n2)cc1NC(=O)c1cnn2ccc(N3CC4(COC4)C3)cc12. The summed E-state index contributed by atoms with van der Waals surface area (Å²) >= 11 is 0. The van der Waals surface area contributed by atoms with E-state index >= 15 is 0 Å². The number of rotatable bonds is 5. The number of hydrogen-bond acceptors (Lipinski definition) is 7. The Balaban J connectivity index is 0.986. The number of benzene rings is 1. The van der Waals surface area contributed by atoms with Gasteiger partial charge in [0, 0.05) is 55.0 Å². The Kier molecular flexibility index (Phi) is 4.85. The maximum atomic E-state index is 13.4. The van der Waals surface area contributed by atoms with Crippen molar-refractivity contribution in [3.63, 3.8) is 0 Å². The van der Waals surface area contributed by atoms with Gasteiger partial charge in [-0.15, -0.1) is 0 Å². The molecule has 206 valence electrons. The number of nitrogens with one attached hydrogen (secondary N) is 1. The molecule has 40 heavy (non-hydrogen) atoms. The average Bonchev–Trinajstić information content (AvgIpc) is 3.48. The number of halogens is 2. The van der Waals surface area contributed by atoms with Crippen LogP contribution in [-0.4, -0.2) is 57.9 Å². The van der Waals surface area contributed by atoms with Gasteiger partial charge in [-0.05, 0) is 48.9 Å². The van der Waals surface area contributed by atoms with Crippen molar-refractivity contribution in [2.24, 2.45) is 10.8 Å². The van der Waals surface area contributed by atoms with E-state index in [1.165, 1.54) is 0 Å². The van der Waals surface area contributed by atoms with Crippen LogP contribution in [0, 0.1) is 17.8 Å². The number of aromatic nitrogens is 4. The normalized spacial score (nSPS) is 22.0. The maximum absolute atomic E-state index is 13.4. The third kappa shape index (κ3) is 3.74. The summed E-state index contributed by atoms with van der Waals surface area (Å²) in [4.78, 5) is 20.3. The van der Waals surface area contributed by atoms with Crippen molar-refractivity contribution in [1.29, 1.82) is 0 Å². The fourth-order valence-electron chi connectivity index (χ4n) is 6.96. The molecule has 2 aliphatic heterocycles. The minimum absolute atomic E-state index is 0.0198. The van der Waals surface area contributed by atoms with Crippen LogP contribution in [0.25, 0.3) is 16.9 Å². The summed E-state index contributed by atoms with van der Waals surface area (Å²) in [6.45, 7) is 5.47. The highest BCUT2D eigenvalue weighted by Gasteiger charge is 2.62. The van der Waals surface area contributed by atoms with E-state index in [-0.39, 0.29) is 30.1 Å². The van der Waals surface area contributed by atoms with Crippen LogP contribution in [0.5, 0.6) is 0 Å². The van der Waals surface area contributed by atoms with E-state index in [2.05, 4.69) is 25.5 Å². The summed E-state index contributed by atoms with van der Waals surface area (Å²) in [5.74, 6) is -1.86. The number of amides is 1. The minimum atomic E-state index is -2.53. The number of carbonyl (C=O) groups excluding carboxylic acids is 1. The number of anilines is 2. The number of alkyl halides is 2. The molecule has 8 rings (SSSR count). The van der Waals surface area contributed by atoms with Crippen molar-refractivity contribution in [3.05, 3.63) is 59.7 Å².